The first-order valence-electron chi connectivity index (χ1n) is 5.91. The minimum absolute atomic E-state index is 0.283. The number of nitrogens with one attached hydrogen (secondary N) is 1. The van der Waals surface area contributed by atoms with Gasteiger partial charge in [-0.2, -0.15) is 0 Å². The van der Waals surface area contributed by atoms with Gasteiger partial charge in [-0.3, -0.25) is 0 Å². The lowest BCUT2D eigenvalue weighted by Gasteiger charge is -2.14. The van der Waals surface area contributed by atoms with E-state index >= 15 is 0 Å². The molecule has 0 saturated carbocycles. The highest BCUT2D eigenvalue weighted by Crippen LogP contribution is 2.18. The lowest BCUT2D eigenvalue weighted by Crippen LogP contribution is -2.32. The summed E-state index contributed by atoms with van der Waals surface area (Å²) in [5.74, 6) is 0.824. The van der Waals surface area contributed by atoms with Crippen LogP contribution in [0.25, 0.3) is 0 Å². The predicted molar refractivity (Wildman–Crippen MR) is 78.4 cm³/mol. The maximum atomic E-state index is 9.74. The molecule has 0 saturated heterocycles. The van der Waals surface area contributed by atoms with Gasteiger partial charge in [0, 0.05) is 17.6 Å². The fourth-order valence-corrected chi connectivity index (χ4v) is 1.78. The lowest BCUT2D eigenvalue weighted by atomic mass is 10.1. The molecule has 0 aliphatic heterocycles. The molecule has 0 spiro atoms. The van der Waals surface area contributed by atoms with Gasteiger partial charge in [0.05, 0.1) is 0 Å². The number of benzene rings is 1. The third kappa shape index (κ3) is 5.67. The molecule has 0 aliphatic carbocycles. The van der Waals surface area contributed by atoms with Crippen molar-refractivity contribution in [2.75, 3.05) is 19.7 Å². The molecule has 100 valence electrons. The number of aliphatic hydroxyl groups is 1. The SMILES string of the molecule is C=C(Br)CNCC(O)COc1ccc(C)cc1C. The second kappa shape index (κ2) is 7.56. The van der Waals surface area contributed by atoms with Gasteiger partial charge in [0.25, 0.3) is 0 Å². The van der Waals surface area contributed by atoms with Crippen molar-refractivity contribution in [1.29, 1.82) is 0 Å². The van der Waals surface area contributed by atoms with Gasteiger partial charge in [0.2, 0.25) is 0 Å². The summed E-state index contributed by atoms with van der Waals surface area (Å²) in [6.07, 6.45) is -0.530. The largest absolute Gasteiger partial charge is 0.491 e. The maximum Gasteiger partial charge on any atom is 0.122 e. The number of halogens is 1. The van der Waals surface area contributed by atoms with Crippen molar-refractivity contribution >= 4 is 15.9 Å². The molecule has 1 aromatic carbocycles. The van der Waals surface area contributed by atoms with E-state index in [4.69, 9.17) is 4.74 Å². The summed E-state index contributed by atoms with van der Waals surface area (Å²) in [5.41, 5.74) is 2.29. The zero-order chi connectivity index (χ0) is 13.5. The average molecular weight is 314 g/mol. The number of ether oxygens (including phenoxy) is 1. The zero-order valence-electron chi connectivity index (χ0n) is 10.9. The summed E-state index contributed by atoms with van der Waals surface area (Å²) < 4.78 is 6.45. The van der Waals surface area contributed by atoms with Crippen molar-refractivity contribution < 1.29 is 9.84 Å². The molecule has 1 atom stereocenters. The highest BCUT2D eigenvalue weighted by molar-refractivity contribution is 9.11. The summed E-state index contributed by atoms with van der Waals surface area (Å²) in [6.45, 7) is 9.16. The van der Waals surface area contributed by atoms with Crippen LogP contribution in [0.15, 0.2) is 29.3 Å². The van der Waals surface area contributed by atoms with Crippen molar-refractivity contribution in [1.82, 2.24) is 5.32 Å². The Bertz CT molecular complexity index is 407. The highest BCUT2D eigenvalue weighted by atomic mass is 79.9. The maximum absolute atomic E-state index is 9.74. The van der Waals surface area contributed by atoms with Crippen molar-refractivity contribution in [3.8, 4) is 5.75 Å². The zero-order valence-corrected chi connectivity index (χ0v) is 12.5. The van der Waals surface area contributed by atoms with Crippen molar-refractivity contribution in [2.24, 2.45) is 0 Å². The molecular formula is C14H20BrNO2. The molecule has 4 heteroatoms. The summed E-state index contributed by atoms with van der Waals surface area (Å²) in [6, 6.07) is 6.00. The quantitative estimate of drug-likeness (QED) is 0.813. The first kappa shape index (κ1) is 15.2. The normalized spacial score (nSPS) is 12.2. The predicted octanol–water partition coefficient (Wildman–Crippen LogP) is 2.54. The van der Waals surface area contributed by atoms with E-state index < -0.39 is 6.10 Å². The van der Waals surface area contributed by atoms with Gasteiger partial charge < -0.3 is 15.2 Å². The smallest absolute Gasteiger partial charge is 0.122 e. The number of hydrogen-bond acceptors (Lipinski definition) is 3. The van der Waals surface area contributed by atoms with Crippen molar-refractivity contribution in [3.05, 3.63) is 40.4 Å². The van der Waals surface area contributed by atoms with Gasteiger partial charge in [-0.1, -0.05) is 40.2 Å². The third-order valence-electron chi connectivity index (χ3n) is 2.46. The Morgan fingerprint density at radius 3 is 2.83 bits per heavy atom. The Morgan fingerprint density at radius 2 is 2.22 bits per heavy atom. The third-order valence-corrected chi connectivity index (χ3v) is 2.74. The molecule has 0 aliphatic rings. The van der Waals surface area contributed by atoms with Gasteiger partial charge in [0.1, 0.15) is 18.5 Å². The van der Waals surface area contributed by atoms with Crippen LogP contribution in [0.1, 0.15) is 11.1 Å². The second-order valence-corrected chi connectivity index (χ2v) is 5.50. The van der Waals surface area contributed by atoms with Crippen LogP contribution in [0.5, 0.6) is 5.75 Å². The van der Waals surface area contributed by atoms with E-state index in [0.29, 0.717) is 13.1 Å². The number of aliphatic hydroxyl groups excluding tert-OH is 1. The van der Waals surface area contributed by atoms with E-state index in [9.17, 15) is 5.11 Å². The van der Waals surface area contributed by atoms with Crippen LogP contribution in [0.2, 0.25) is 0 Å². The second-order valence-electron chi connectivity index (χ2n) is 4.38. The van der Waals surface area contributed by atoms with E-state index in [1.54, 1.807) is 0 Å². The van der Waals surface area contributed by atoms with Crippen LogP contribution < -0.4 is 10.1 Å². The molecule has 0 fully saturated rings. The minimum Gasteiger partial charge on any atom is -0.491 e. The number of rotatable bonds is 7. The van der Waals surface area contributed by atoms with Crippen LogP contribution >= 0.6 is 15.9 Å². The van der Waals surface area contributed by atoms with Gasteiger partial charge in [-0.15, -0.1) is 0 Å². The van der Waals surface area contributed by atoms with Crippen LogP contribution in [0.4, 0.5) is 0 Å². The molecule has 2 N–H and O–H groups in total. The molecule has 0 bridgehead atoms. The molecule has 0 heterocycles. The van der Waals surface area contributed by atoms with E-state index in [0.717, 1.165) is 15.8 Å². The van der Waals surface area contributed by atoms with Crippen LogP contribution in [0.3, 0.4) is 0 Å². The molecular weight excluding hydrogens is 294 g/mol. The fraction of sp³-hybridized carbons (Fsp3) is 0.429. The lowest BCUT2D eigenvalue weighted by molar-refractivity contribution is 0.107. The molecule has 0 aromatic heterocycles. The molecule has 0 radical (unpaired) electrons. The van der Waals surface area contributed by atoms with E-state index in [2.05, 4.69) is 33.9 Å². The summed E-state index contributed by atoms with van der Waals surface area (Å²) in [5, 5.41) is 12.8. The standard InChI is InChI=1S/C14H20BrNO2/c1-10-4-5-14(11(2)6-10)18-9-13(17)8-16-7-12(3)15/h4-6,13,16-17H,3,7-9H2,1-2H3. The van der Waals surface area contributed by atoms with Crippen LogP contribution in [-0.2, 0) is 0 Å². The van der Waals surface area contributed by atoms with Gasteiger partial charge >= 0.3 is 0 Å². The van der Waals surface area contributed by atoms with E-state index in [1.165, 1.54) is 5.56 Å². The molecule has 3 nitrogen and oxygen atoms in total. The van der Waals surface area contributed by atoms with Crippen molar-refractivity contribution in [2.45, 2.75) is 20.0 Å². The van der Waals surface area contributed by atoms with Crippen molar-refractivity contribution in [3.63, 3.8) is 0 Å². The topological polar surface area (TPSA) is 41.5 Å². The highest BCUT2D eigenvalue weighted by Gasteiger charge is 2.06. The first-order valence-corrected chi connectivity index (χ1v) is 6.70. The van der Waals surface area contributed by atoms with Crippen LogP contribution in [-0.4, -0.2) is 30.9 Å². The van der Waals surface area contributed by atoms with E-state index in [1.807, 2.05) is 26.0 Å². The Morgan fingerprint density at radius 1 is 1.50 bits per heavy atom. The number of aryl methyl sites for hydroxylation is 2. The average Bonchev–Trinajstić information content (AvgIpc) is 2.27. The molecule has 1 aromatic rings. The fourth-order valence-electron chi connectivity index (χ4n) is 1.58. The van der Waals surface area contributed by atoms with Crippen LogP contribution in [0, 0.1) is 13.8 Å². The van der Waals surface area contributed by atoms with Gasteiger partial charge in [-0.05, 0) is 25.5 Å². The monoisotopic (exact) mass is 313 g/mol. The molecule has 18 heavy (non-hydrogen) atoms. The molecule has 0 amide bonds. The number of hydrogen-bond donors (Lipinski definition) is 2. The van der Waals surface area contributed by atoms with E-state index in [-0.39, 0.29) is 6.61 Å². The molecule has 1 unspecified atom stereocenters. The Labute approximate surface area is 117 Å². The Kier molecular flexibility index (Phi) is 6.39. The minimum atomic E-state index is -0.530. The van der Waals surface area contributed by atoms with Gasteiger partial charge in [-0.25, -0.2) is 0 Å². The molecule has 1 rings (SSSR count). The first-order chi connectivity index (χ1) is 8.49. The summed E-state index contributed by atoms with van der Waals surface area (Å²) in [7, 11) is 0. The summed E-state index contributed by atoms with van der Waals surface area (Å²) in [4.78, 5) is 0. The van der Waals surface area contributed by atoms with Gasteiger partial charge in [0.15, 0.2) is 0 Å². The summed E-state index contributed by atoms with van der Waals surface area (Å²) >= 11 is 3.25. The Balaban J connectivity index is 2.33. The Hall–Kier alpha value is -0.840.